The average Bonchev–Trinajstić information content (AvgIpc) is 2.71. The van der Waals surface area contributed by atoms with Crippen molar-refractivity contribution in [2.75, 3.05) is 13.1 Å². The molecule has 0 spiro atoms. The molecule has 0 aromatic heterocycles. The lowest BCUT2D eigenvalue weighted by Gasteiger charge is -2.14. The van der Waals surface area contributed by atoms with Gasteiger partial charge in [-0.3, -0.25) is 4.79 Å². The molecular weight excluding hydrogens is 190 g/mol. The normalized spacial score (nSPS) is 20.2. The Morgan fingerprint density at radius 2 is 2.27 bits per heavy atom. The Labute approximate surface area is 89.4 Å². The van der Waals surface area contributed by atoms with E-state index < -0.39 is 0 Å². The van der Waals surface area contributed by atoms with Crippen molar-refractivity contribution in [2.24, 2.45) is 0 Å². The predicted molar refractivity (Wildman–Crippen MR) is 58.3 cm³/mol. The van der Waals surface area contributed by atoms with Gasteiger partial charge in [-0.15, -0.1) is 0 Å². The minimum Gasteiger partial charge on any atom is -0.488 e. The lowest BCUT2D eigenvalue weighted by Crippen LogP contribution is -2.20. The van der Waals surface area contributed by atoms with Crippen LogP contribution >= 0.6 is 0 Å². The molecule has 3 nitrogen and oxygen atoms in total. The van der Waals surface area contributed by atoms with E-state index in [-0.39, 0.29) is 11.9 Å². The predicted octanol–water partition coefficient (Wildman–Crippen LogP) is 1.63. The number of hydrogen-bond acceptors (Lipinski definition) is 3. The first-order valence-electron chi connectivity index (χ1n) is 5.24. The summed E-state index contributed by atoms with van der Waals surface area (Å²) < 4.78 is 5.78. The first kappa shape index (κ1) is 10.2. The van der Waals surface area contributed by atoms with Gasteiger partial charge in [0.05, 0.1) is 5.56 Å². The number of hydrogen-bond donors (Lipinski definition) is 1. The van der Waals surface area contributed by atoms with Crippen molar-refractivity contribution in [1.29, 1.82) is 0 Å². The average molecular weight is 205 g/mol. The minimum absolute atomic E-state index is 0.0524. The Morgan fingerprint density at radius 3 is 2.93 bits per heavy atom. The van der Waals surface area contributed by atoms with Crippen molar-refractivity contribution in [1.82, 2.24) is 5.32 Å². The summed E-state index contributed by atoms with van der Waals surface area (Å²) >= 11 is 0. The maximum absolute atomic E-state index is 11.3. The number of carbonyl (C=O) groups excluding carboxylic acids is 1. The number of Topliss-reactive ketones (excluding diaryl/α,β-unsaturated/α-hetero) is 1. The minimum atomic E-state index is 0.0524. The SMILES string of the molecule is CC(=O)c1ccccc1OC1CCNC1. The molecule has 3 heteroatoms. The Balaban J connectivity index is 2.15. The van der Waals surface area contributed by atoms with Crippen LogP contribution in [0.25, 0.3) is 0 Å². The van der Waals surface area contributed by atoms with Crippen molar-refractivity contribution in [3.05, 3.63) is 29.8 Å². The van der Waals surface area contributed by atoms with Crippen molar-refractivity contribution >= 4 is 5.78 Å². The summed E-state index contributed by atoms with van der Waals surface area (Å²) in [6.45, 7) is 3.42. The van der Waals surface area contributed by atoms with Crippen LogP contribution in [0, 0.1) is 0 Å². The molecule has 80 valence electrons. The number of para-hydroxylation sites is 1. The number of rotatable bonds is 3. The molecule has 1 atom stereocenters. The van der Waals surface area contributed by atoms with Gasteiger partial charge in [-0.2, -0.15) is 0 Å². The van der Waals surface area contributed by atoms with Gasteiger partial charge in [-0.05, 0) is 32.0 Å². The second-order valence-electron chi connectivity index (χ2n) is 3.79. The summed E-state index contributed by atoms with van der Waals surface area (Å²) in [5.74, 6) is 0.759. The number of ether oxygens (including phenoxy) is 1. The van der Waals surface area contributed by atoms with Gasteiger partial charge in [-0.1, -0.05) is 12.1 Å². The number of nitrogens with one attached hydrogen (secondary N) is 1. The molecular formula is C12H15NO2. The molecule has 0 amide bonds. The second kappa shape index (κ2) is 4.45. The van der Waals surface area contributed by atoms with Crippen LogP contribution in [-0.4, -0.2) is 25.0 Å². The third-order valence-electron chi connectivity index (χ3n) is 2.58. The summed E-state index contributed by atoms with van der Waals surface area (Å²) in [6, 6.07) is 7.41. The van der Waals surface area contributed by atoms with Crippen LogP contribution in [0.2, 0.25) is 0 Å². The Hall–Kier alpha value is -1.35. The van der Waals surface area contributed by atoms with Crippen molar-refractivity contribution < 1.29 is 9.53 Å². The van der Waals surface area contributed by atoms with Crippen molar-refractivity contribution in [3.63, 3.8) is 0 Å². The van der Waals surface area contributed by atoms with E-state index in [0.29, 0.717) is 11.3 Å². The van der Waals surface area contributed by atoms with Gasteiger partial charge in [0.15, 0.2) is 5.78 Å². The lowest BCUT2D eigenvalue weighted by molar-refractivity contribution is 0.101. The van der Waals surface area contributed by atoms with Crippen LogP contribution in [0.15, 0.2) is 24.3 Å². The van der Waals surface area contributed by atoms with Crippen LogP contribution in [-0.2, 0) is 0 Å². The molecule has 1 saturated heterocycles. The fraction of sp³-hybridized carbons (Fsp3) is 0.417. The van der Waals surface area contributed by atoms with Gasteiger partial charge in [0.25, 0.3) is 0 Å². The largest absolute Gasteiger partial charge is 0.488 e. The number of carbonyl (C=O) groups is 1. The lowest BCUT2D eigenvalue weighted by atomic mass is 10.1. The van der Waals surface area contributed by atoms with Gasteiger partial charge >= 0.3 is 0 Å². The summed E-state index contributed by atoms with van der Waals surface area (Å²) in [4.78, 5) is 11.3. The van der Waals surface area contributed by atoms with Gasteiger partial charge in [0.1, 0.15) is 11.9 Å². The van der Waals surface area contributed by atoms with Gasteiger partial charge in [0.2, 0.25) is 0 Å². The highest BCUT2D eigenvalue weighted by molar-refractivity contribution is 5.96. The number of benzene rings is 1. The zero-order valence-corrected chi connectivity index (χ0v) is 8.82. The first-order valence-corrected chi connectivity index (χ1v) is 5.24. The topological polar surface area (TPSA) is 38.3 Å². The summed E-state index contributed by atoms with van der Waals surface area (Å²) in [7, 11) is 0. The van der Waals surface area contributed by atoms with E-state index in [1.807, 2.05) is 18.2 Å². The quantitative estimate of drug-likeness (QED) is 0.762. The summed E-state index contributed by atoms with van der Waals surface area (Å²) in [6.07, 6.45) is 1.21. The van der Waals surface area contributed by atoms with Gasteiger partial charge in [0, 0.05) is 6.54 Å². The third-order valence-corrected chi connectivity index (χ3v) is 2.58. The van der Waals surface area contributed by atoms with Crippen LogP contribution in [0.3, 0.4) is 0 Å². The Bertz CT molecular complexity index is 356. The molecule has 0 bridgehead atoms. The molecule has 1 aromatic carbocycles. The molecule has 15 heavy (non-hydrogen) atoms. The highest BCUT2D eigenvalue weighted by atomic mass is 16.5. The zero-order valence-electron chi connectivity index (χ0n) is 8.82. The maximum atomic E-state index is 11.3. The molecule has 2 rings (SSSR count). The Kier molecular flexibility index (Phi) is 3.02. The van der Waals surface area contributed by atoms with E-state index in [1.165, 1.54) is 0 Å². The highest BCUT2D eigenvalue weighted by Gasteiger charge is 2.18. The monoisotopic (exact) mass is 205 g/mol. The fourth-order valence-electron chi connectivity index (χ4n) is 1.77. The third kappa shape index (κ3) is 2.36. The van der Waals surface area contributed by atoms with Gasteiger partial charge in [-0.25, -0.2) is 0 Å². The highest BCUT2D eigenvalue weighted by Crippen LogP contribution is 2.21. The smallest absolute Gasteiger partial charge is 0.163 e. The molecule has 0 radical (unpaired) electrons. The molecule has 1 aromatic rings. The van der Waals surface area contributed by atoms with E-state index >= 15 is 0 Å². The van der Waals surface area contributed by atoms with Crippen molar-refractivity contribution in [3.8, 4) is 5.75 Å². The van der Waals surface area contributed by atoms with Crippen LogP contribution < -0.4 is 10.1 Å². The van der Waals surface area contributed by atoms with E-state index in [4.69, 9.17) is 4.74 Å². The van der Waals surface area contributed by atoms with E-state index in [2.05, 4.69) is 5.32 Å². The second-order valence-corrected chi connectivity index (χ2v) is 3.79. The van der Waals surface area contributed by atoms with E-state index in [0.717, 1.165) is 19.5 Å². The van der Waals surface area contributed by atoms with Crippen LogP contribution in [0.4, 0.5) is 0 Å². The Morgan fingerprint density at radius 1 is 1.47 bits per heavy atom. The summed E-state index contributed by atoms with van der Waals surface area (Å²) in [5, 5.41) is 3.23. The van der Waals surface area contributed by atoms with Crippen LogP contribution in [0.1, 0.15) is 23.7 Å². The van der Waals surface area contributed by atoms with Crippen LogP contribution in [0.5, 0.6) is 5.75 Å². The van der Waals surface area contributed by atoms with Crippen molar-refractivity contribution in [2.45, 2.75) is 19.4 Å². The molecule has 1 aliphatic rings. The molecule has 1 N–H and O–H groups in total. The molecule has 1 fully saturated rings. The molecule has 1 unspecified atom stereocenters. The molecule has 1 heterocycles. The van der Waals surface area contributed by atoms with Gasteiger partial charge < -0.3 is 10.1 Å². The summed E-state index contributed by atoms with van der Waals surface area (Å²) in [5.41, 5.74) is 0.671. The maximum Gasteiger partial charge on any atom is 0.163 e. The first-order chi connectivity index (χ1) is 7.27. The fourth-order valence-corrected chi connectivity index (χ4v) is 1.77. The number of ketones is 1. The van der Waals surface area contributed by atoms with E-state index in [9.17, 15) is 4.79 Å². The zero-order chi connectivity index (χ0) is 10.7. The molecule has 1 aliphatic heterocycles. The molecule has 0 saturated carbocycles. The standard InChI is InChI=1S/C12H15NO2/c1-9(14)11-4-2-3-5-12(11)15-10-6-7-13-8-10/h2-5,10,13H,6-8H2,1H3. The molecule has 0 aliphatic carbocycles. The van der Waals surface area contributed by atoms with E-state index in [1.54, 1.807) is 13.0 Å².